The Kier molecular flexibility index (Phi) is 3.52. The zero-order valence-electron chi connectivity index (χ0n) is 11.1. The van der Waals surface area contributed by atoms with Gasteiger partial charge in [0.25, 0.3) is 0 Å². The van der Waals surface area contributed by atoms with Gasteiger partial charge in [0.15, 0.2) is 0 Å². The first-order chi connectivity index (χ1) is 8.86. The van der Waals surface area contributed by atoms with Gasteiger partial charge in [-0.2, -0.15) is 0 Å². The van der Waals surface area contributed by atoms with Crippen molar-refractivity contribution in [3.05, 3.63) is 29.8 Å². The lowest BCUT2D eigenvalue weighted by molar-refractivity contribution is 0.185. The average molecular weight is 246 g/mol. The number of ether oxygens (including phenoxy) is 1. The highest BCUT2D eigenvalue weighted by Crippen LogP contribution is 2.27. The van der Waals surface area contributed by atoms with Gasteiger partial charge >= 0.3 is 0 Å². The van der Waals surface area contributed by atoms with Crippen molar-refractivity contribution in [2.75, 3.05) is 25.1 Å². The molecule has 0 amide bonds. The number of methoxy groups -OCH3 is 1. The van der Waals surface area contributed by atoms with Gasteiger partial charge in [0.05, 0.1) is 6.61 Å². The molecule has 0 bridgehead atoms. The first kappa shape index (κ1) is 12.0. The van der Waals surface area contributed by atoms with Gasteiger partial charge in [-0.05, 0) is 25.3 Å². The van der Waals surface area contributed by atoms with Crippen LogP contribution in [-0.4, -0.2) is 32.3 Å². The molecule has 1 aliphatic heterocycles. The van der Waals surface area contributed by atoms with Crippen LogP contribution < -0.4 is 10.2 Å². The topological polar surface area (TPSA) is 24.5 Å². The van der Waals surface area contributed by atoms with Crippen molar-refractivity contribution < 1.29 is 4.74 Å². The minimum Gasteiger partial charge on any atom is -0.380 e. The summed E-state index contributed by atoms with van der Waals surface area (Å²) < 4.78 is 5.29. The first-order valence-corrected chi connectivity index (χ1v) is 6.94. The molecule has 18 heavy (non-hydrogen) atoms. The summed E-state index contributed by atoms with van der Waals surface area (Å²) in [4.78, 5) is 2.49. The van der Waals surface area contributed by atoms with Gasteiger partial charge in [0.1, 0.15) is 0 Å². The standard InChI is InChI=1S/C15H22N2O/c1-18-11-12-4-2-3-5-15(12)17-9-8-14(10-17)16-13-6-7-13/h2-5,13-14,16H,6-11H2,1H3. The van der Waals surface area contributed by atoms with Crippen LogP contribution in [0, 0.1) is 0 Å². The summed E-state index contributed by atoms with van der Waals surface area (Å²) in [5.41, 5.74) is 2.64. The molecule has 1 aromatic carbocycles. The molecule has 1 aromatic rings. The van der Waals surface area contributed by atoms with E-state index in [0.29, 0.717) is 12.6 Å². The maximum Gasteiger partial charge on any atom is 0.0733 e. The quantitative estimate of drug-likeness (QED) is 0.861. The zero-order valence-corrected chi connectivity index (χ0v) is 11.1. The Balaban J connectivity index is 1.67. The summed E-state index contributed by atoms with van der Waals surface area (Å²) in [6.45, 7) is 3.00. The second-order valence-corrected chi connectivity index (χ2v) is 5.43. The number of nitrogens with zero attached hydrogens (tertiary/aromatic N) is 1. The molecule has 3 heteroatoms. The molecule has 0 aromatic heterocycles. The van der Waals surface area contributed by atoms with Crippen molar-refractivity contribution in [2.24, 2.45) is 0 Å². The average Bonchev–Trinajstić information content (AvgIpc) is 3.07. The summed E-state index contributed by atoms with van der Waals surface area (Å²) in [6.07, 6.45) is 4.01. The van der Waals surface area contributed by atoms with Crippen molar-refractivity contribution >= 4 is 5.69 Å². The van der Waals surface area contributed by atoms with Gasteiger partial charge in [0, 0.05) is 43.5 Å². The Morgan fingerprint density at radius 2 is 2.06 bits per heavy atom. The number of nitrogens with one attached hydrogen (secondary N) is 1. The monoisotopic (exact) mass is 246 g/mol. The largest absolute Gasteiger partial charge is 0.380 e. The van der Waals surface area contributed by atoms with Gasteiger partial charge in [-0.15, -0.1) is 0 Å². The van der Waals surface area contributed by atoms with E-state index in [9.17, 15) is 0 Å². The number of hydrogen-bond acceptors (Lipinski definition) is 3. The van der Waals surface area contributed by atoms with E-state index in [2.05, 4.69) is 34.5 Å². The van der Waals surface area contributed by atoms with Crippen LogP contribution in [0.3, 0.4) is 0 Å². The van der Waals surface area contributed by atoms with Gasteiger partial charge in [0.2, 0.25) is 0 Å². The Morgan fingerprint density at radius 3 is 2.83 bits per heavy atom. The third-order valence-electron chi connectivity index (χ3n) is 3.87. The van der Waals surface area contributed by atoms with E-state index < -0.39 is 0 Å². The van der Waals surface area contributed by atoms with E-state index in [4.69, 9.17) is 4.74 Å². The van der Waals surface area contributed by atoms with Crippen LogP contribution in [0.15, 0.2) is 24.3 Å². The molecule has 1 saturated heterocycles. The van der Waals surface area contributed by atoms with Crippen LogP contribution in [0.2, 0.25) is 0 Å². The molecular formula is C15H22N2O. The van der Waals surface area contributed by atoms with E-state index in [-0.39, 0.29) is 0 Å². The van der Waals surface area contributed by atoms with E-state index in [1.54, 1.807) is 7.11 Å². The summed E-state index contributed by atoms with van der Waals surface area (Å²) in [5, 5.41) is 3.73. The molecule has 0 spiro atoms. The maximum absolute atomic E-state index is 5.29. The van der Waals surface area contributed by atoms with Crippen molar-refractivity contribution in [3.63, 3.8) is 0 Å². The first-order valence-electron chi connectivity index (χ1n) is 6.94. The van der Waals surface area contributed by atoms with E-state index >= 15 is 0 Å². The number of anilines is 1. The van der Waals surface area contributed by atoms with Crippen LogP contribution in [0.1, 0.15) is 24.8 Å². The lowest BCUT2D eigenvalue weighted by Crippen LogP contribution is -2.34. The summed E-state index contributed by atoms with van der Waals surface area (Å²) >= 11 is 0. The molecule has 1 aliphatic carbocycles. The highest BCUT2D eigenvalue weighted by Gasteiger charge is 2.29. The van der Waals surface area contributed by atoms with Crippen LogP contribution in [-0.2, 0) is 11.3 Å². The summed E-state index contributed by atoms with van der Waals surface area (Å²) in [6, 6.07) is 10.1. The molecule has 1 atom stereocenters. The molecule has 98 valence electrons. The third kappa shape index (κ3) is 2.68. The van der Waals surface area contributed by atoms with Crippen LogP contribution in [0.5, 0.6) is 0 Å². The van der Waals surface area contributed by atoms with Crippen molar-refractivity contribution in [2.45, 2.75) is 38.0 Å². The van der Waals surface area contributed by atoms with Gasteiger partial charge in [-0.25, -0.2) is 0 Å². The second-order valence-electron chi connectivity index (χ2n) is 5.43. The van der Waals surface area contributed by atoms with E-state index in [1.807, 2.05) is 0 Å². The Hall–Kier alpha value is -1.06. The van der Waals surface area contributed by atoms with Crippen molar-refractivity contribution in [3.8, 4) is 0 Å². The molecule has 3 nitrogen and oxygen atoms in total. The Morgan fingerprint density at radius 1 is 1.22 bits per heavy atom. The van der Waals surface area contributed by atoms with Crippen LogP contribution in [0.25, 0.3) is 0 Å². The van der Waals surface area contributed by atoms with Gasteiger partial charge in [-0.1, -0.05) is 18.2 Å². The number of para-hydroxylation sites is 1. The zero-order chi connectivity index (χ0) is 12.4. The lowest BCUT2D eigenvalue weighted by atomic mass is 10.1. The minimum atomic E-state index is 0.674. The SMILES string of the molecule is COCc1ccccc1N1CCC(NC2CC2)C1. The van der Waals surface area contributed by atoms with Crippen molar-refractivity contribution in [1.82, 2.24) is 5.32 Å². The highest BCUT2D eigenvalue weighted by molar-refractivity contribution is 5.54. The van der Waals surface area contributed by atoms with Crippen LogP contribution >= 0.6 is 0 Å². The van der Waals surface area contributed by atoms with E-state index in [1.165, 1.54) is 30.5 Å². The fourth-order valence-corrected chi connectivity index (χ4v) is 2.80. The number of hydrogen-bond donors (Lipinski definition) is 1. The Labute approximate surface area is 109 Å². The van der Waals surface area contributed by atoms with Gasteiger partial charge in [-0.3, -0.25) is 0 Å². The second kappa shape index (κ2) is 5.29. The molecule has 1 unspecified atom stereocenters. The molecule has 1 N–H and O–H groups in total. The molecule has 2 fully saturated rings. The predicted octanol–water partition coefficient (Wildman–Crippen LogP) is 2.16. The molecule has 3 rings (SSSR count). The predicted molar refractivity (Wildman–Crippen MR) is 73.9 cm³/mol. The van der Waals surface area contributed by atoms with E-state index in [0.717, 1.165) is 19.1 Å². The fraction of sp³-hybridized carbons (Fsp3) is 0.600. The van der Waals surface area contributed by atoms with Crippen LogP contribution in [0.4, 0.5) is 5.69 Å². The highest BCUT2D eigenvalue weighted by atomic mass is 16.5. The maximum atomic E-state index is 5.29. The molecule has 1 saturated carbocycles. The summed E-state index contributed by atoms with van der Waals surface area (Å²) in [7, 11) is 1.76. The minimum absolute atomic E-state index is 0.674. The molecule has 0 radical (unpaired) electrons. The van der Waals surface area contributed by atoms with Gasteiger partial charge < -0.3 is 15.0 Å². The molecule has 2 aliphatic rings. The Bertz CT molecular complexity index is 403. The molecule has 1 heterocycles. The fourth-order valence-electron chi connectivity index (χ4n) is 2.80. The lowest BCUT2D eigenvalue weighted by Gasteiger charge is -2.22. The smallest absolute Gasteiger partial charge is 0.0733 e. The number of rotatable bonds is 5. The number of benzene rings is 1. The summed E-state index contributed by atoms with van der Waals surface area (Å²) in [5.74, 6) is 0. The normalized spacial score (nSPS) is 23.6. The third-order valence-corrected chi connectivity index (χ3v) is 3.87. The van der Waals surface area contributed by atoms with Crippen molar-refractivity contribution in [1.29, 1.82) is 0 Å². The molecular weight excluding hydrogens is 224 g/mol.